The highest BCUT2D eigenvalue weighted by atomic mass is 32.2. The lowest BCUT2D eigenvalue weighted by atomic mass is 9.74. The van der Waals surface area contributed by atoms with E-state index < -0.39 is 21.4 Å². The molecule has 9 heteroatoms. The van der Waals surface area contributed by atoms with Gasteiger partial charge in [-0.05, 0) is 82.7 Å². The van der Waals surface area contributed by atoms with Gasteiger partial charge in [0.25, 0.3) is 0 Å². The average molecular weight is 430 g/mol. The molecule has 0 aliphatic carbocycles. The van der Waals surface area contributed by atoms with Crippen LogP contribution in [0.5, 0.6) is 5.75 Å². The molecule has 1 N–H and O–H groups in total. The summed E-state index contributed by atoms with van der Waals surface area (Å²) in [5.41, 5.74) is -3.97. The highest BCUT2D eigenvalue weighted by Crippen LogP contribution is 2.35. The van der Waals surface area contributed by atoms with Crippen LogP contribution >= 0.6 is 0 Å². The molecular formula is C20H25F3N2O3S. The van der Waals surface area contributed by atoms with E-state index in [0.717, 1.165) is 30.9 Å². The molecule has 2 aromatic rings. The Morgan fingerprint density at radius 3 is 2.34 bits per heavy atom. The minimum absolute atomic E-state index is 0.00363. The molecule has 0 radical (unpaired) electrons. The number of pyridine rings is 1. The monoisotopic (exact) mass is 430 g/mol. The van der Waals surface area contributed by atoms with E-state index in [0.29, 0.717) is 16.8 Å². The molecule has 0 bridgehead atoms. The molecule has 0 unspecified atom stereocenters. The van der Waals surface area contributed by atoms with Gasteiger partial charge in [0.15, 0.2) is 0 Å². The fourth-order valence-corrected chi connectivity index (χ4v) is 4.96. The maximum atomic E-state index is 12.6. The van der Waals surface area contributed by atoms with Gasteiger partial charge in [0.05, 0.1) is 5.52 Å². The number of nitrogens with one attached hydrogen (secondary N) is 1. The molecule has 1 aliphatic rings. The van der Waals surface area contributed by atoms with Gasteiger partial charge in [-0.1, -0.05) is 0 Å². The molecule has 29 heavy (non-hydrogen) atoms. The standard InChI is InChI=1S/C20H25F3N2O3S/c1-18(2)10-14(11-19(3,4)25-18)7-13-8-15-9-16(5-6-17(15)24-12-13)28-29(26,27)20(21,22)23/h5-6,8-9,12,14,25H,7,10-11H2,1-4H3. The normalized spacial score (nSPS) is 20.0. The van der Waals surface area contributed by atoms with Crippen LogP contribution in [-0.2, 0) is 16.5 Å². The van der Waals surface area contributed by atoms with E-state index in [-0.39, 0.29) is 11.1 Å². The minimum Gasteiger partial charge on any atom is -0.376 e. The van der Waals surface area contributed by atoms with Crippen molar-refractivity contribution in [2.45, 2.75) is 63.5 Å². The molecule has 0 amide bonds. The topological polar surface area (TPSA) is 68.3 Å². The summed E-state index contributed by atoms with van der Waals surface area (Å²) in [5.74, 6) is 0.0310. The average Bonchev–Trinajstić information content (AvgIpc) is 2.49. The third kappa shape index (κ3) is 5.19. The first-order valence-corrected chi connectivity index (χ1v) is 10.8. The maximum absolute atomic E-state index is 12.6. The Balaban J connectivity index is 1.84. The first-order chi connectivity index (χ1) is 13.2. The van der Waals surface area contributed by atoms with Crippen molar-refractivity contribution in [1.82, 2.24) is 10.3 Å². The van der Waals surface area contributed by atoms with Gasteiger partial charge in [0.2, 0.25) is 0 Å². The number of nitrogens with zero attached hydrogens (tertiary/aromatic N) is 1. The Morgan fingerprint density at radius 1 is 1.14 bits per heavy atom. The van der Waals surface area contributed by atoms with Crippen LogP contribution in [0.4, 0.5) is 13.2 Å². The second-order valence-corrected chi connectivity index (χ2v) is 10.6. The quantitative estimate of drug-likeness (QED) is 0.569. The van der Waals surface area contributed by atoms with Crippen LogP contribution in [0.15, 0.2) is 30.5 Å². The first kappa shape index (κ1) is 21.8. The fourth-order valence-electron chi connectivity index (χ4n) is 4.50. The SMILES string of the molecule is CC1(C)CC(Cc2cnc3ccc(OS(=O)(=O)C(F)(F)F)cc3c2)CC(C)(C)N1. The number of aromatic nitrogens is 1. The summed E-state index contributed by atoms with van der Waals surface area (Å²) in [6, 6.07) is 5.70. The van der Waals surface area contributed by atoms with Crippen LogP contribution in [0.25, 0.3) is 10.9 Å². The van der Waals surface area contributed by atoms with E-state index in [2.05, 4.69) is 42.2 Å². The van der Waals surface area contributed by atoms with Gasteiger partial charge in [-0.3, -0.25) is 4.98 Å². The second-order valence-electron chi connectivity index (χ2n) is 9.05. The number of halogens is 3. The smallest absolute Gasteiger partial charge is 0.376 e. The van der Waals surface area contributed by atoms with Crippen molar-refractivity contribution in [3.8, 4) is 5.75 Å². The van der Waals surface area contributed by atoms with Crippen molar-refractivity contribution in [3.63, 3.8) is 0 Å². The molecule has 1 aromatic heterocycles. The number of fused-ring (bicyclic) bond motifs is 1. The lowest BCUT2D eigenvalue weighted by molar-refractivity contribution is -0.0500. The number of hydrogen-bond donors (Lipinski definition) is 1. The number of rotatable bonds is 4. The summed E-state index contributed by atoms with van der Waals surface area (Å²) in [6.45, 7) is 8.68. The molecule has 0 spiro atoms. The van der Waals surface area contributed by atoms with E-state index in [1.165, 1.54) is 12.1 Å². The molecule has 0 atom stereocenters. The highest BCUT2D eigenvalue weighted by Gasteiger charge is 2.48. The molecule has 160 valence electrons. The van der Waals surface area contributed by atoms with Crippen molar-refractivity contribution in [1.29, 1.82) is 0 Å². The molecule has 5 nitrogen and oxygen atoms in total. The van der Waals surface area contributed by atoms with E-state index in [1.807, 2.05) is 6.07 Å². The van der Waals surface area contributed by atoms with Crippen LogP contribution in [0, 0.1) is 5.92 Å². The maximum Gasteiger partial charge on any atom is 0.534 e. The molecule has 0 saturated carbocycles. The van der Waals surface area contributed by atoms with Gasteiger partial charge in [0.1, 0.15) is 5.75 Å². The van der Waals surface area contributed by atoms with Gasteiger partial charge in [-0.15, -0.1) is 0 Å². The lowest BCUT2D eigenvalue weighted by Crippen LogP contribution is -2.58. The van der Waals surface area contributed by atoms with E-state index in [4.69, 9.17) is 0 Å². The fraction of sp³-hybridized carbons (Fsp3) is 0.550. The number of piperidine rings is 1. The van der Waals surface area contributed by atoms with Crippen LogP contribution in [0.2, 0.25) is 0 Å². The van der Waals surface area contributed by atoms with Gasteiger partial charge < -0.3 is 9.50 Å². The molecule has 3 rings (SSSR count). The zero-order chi connectivity index (χ0) is 21.7. The van der Waals surface area contributed by atoms with E-state index in [9.17, 15) is 21.6 Å². The Bertz CT molecular complexity index is 1000. The van der Waals surface area contributed by atoms with Gasteiger partial charge in [-0.25, -0.2) is 0 Å². The van der Waals surface area contributed by atoms with E-state index >= 15 is 0 Å². The zero-order valence-electron chi connectivity index (χ0n) is 16.8. The Labute approximate surface area is 168 Å². The van der Waals surface area contributed by atoms with Crippen molar-refractivity contribution < 1.29 is 25.8 Å². The first-order valence-electron chi connectivity index (χ1n) is 9.35. The van der Waals surface area contributed by atoms with Crippen molar-refractivity contribution in [2.75, 3.05) is 0 Å². The third-order valence-electron chi connectivity index (χ3n) is 5.00. The van der Waals surface area contributed by atoms with E-state index in [1.54, 1.807) is 6.20 Å². The summed E-state index contributed by atoms with van der Waals surface area (Å²) in [7, 11) is -5.71. The summed E-state index contributed by atoms with van der Waals surface area (Å²) in [6.07, 6.45) is 4.52. The second kappa shape index (κ2) is 7.12. The third-order valence-corrected chi connectivity index (χ3v) is 5.98. The molecule has 1 fully saturated rings. The highest BCUT2D eigenvalue weighted by molar-refractivity contribution is 7.88. The largest absolute Gasteiger partial charge is 0.534 e. The number of hydrogen-bond acceptors (Lipinski definition) is 5. The number of benzene rings is 1. The summed E-state index contributed by atoms with van der Waals surface area (Å²) in [5, 5.41) is 4.17. The predicted octanol–water partition coefficient (Wildman–Crippen LogP) is 4.56. The Kier molecular flexibility index (Phi) is 5.36. The molecule has 1 aromatic carbocycles. The number of alkyl halides is 3. The molecule has 1 aliphatic heterocycles. The summed E-state index contributed by atoms with van der Waals surface area (Å²) in [4.78, 5) is 4.36. The zero-order valence-corrected chi connectivity index (χ0v) is 17.6. The van der Waals surface area contributed by atoms with Crippen molar-refractivity contribution >= 4 is 21.0 Å². The van der Waals surface area contributed by atoms with Gasteiger partial charge in [-0.2, -0.15) is 21.6 Å². The van der Waals surface area contributed by atoms with Crippen LogP contribution in [-0.4, -0.2) is 30.0 Å². The van der Waals surface area contributed by atoms with Crippen LogP contribution in [0.3, 0.4) is 0 Å². The Morgan fingerprint density at radius 2 is 1.76 bits per heavy atom. The van der Waals surface area contributed by atoms with Gasteiger partial charge in [0, 0.05) is 22.7 Å². The van der Waals surface area contributed by atoms with Crippen LogP contribution in [0.1, 0.15) is 46.1 Å². The molecule has 2 heterocycles. The van der Waals surface area contributed by atoms with Gasteiger partial charge >= 0.3 is 15.6 Å². The Hall–Kier alpha value is -1.87. The minimum atomic E-state index is -5.71. The molecular weight excluding hydrogens is 405 g/mol. The summed E-state index contributed by atoms with van der Waals surface area (Å²) < 4.78 is 64.4. The van der Waals surface area contributed by atoms with Crippen molar-refractivity contribution in [2.24, 2.45) is 5.92 Å². The molecule has 1 saturated heterocycles. The van der Waals surface area contributed by atoms with Crippen molar-refractivity contribution in [3.05, 3.63) is 36.0 Å². The predicted molar refractivity (Wildman–Crippen MR) is 105 cm³/mol. The lowest BCUT2D eigenvalue weighted by Gasteiger charge is -2.46. The van der Waals surface area contributed by atoms with Crippen LogP contribution < -0.4 is 9.50 Å². The summed E-state index contributed by atoms with van der Waals surface area (Å²) >= 11 is 0.